The first kappa shape index (κ1) is 16.5. The van der Waals surface area contributed by atoms with Gasteiger partial charge < -0.3 is 9.84 Å². The van der Waals surface area contributed by atoms with E-state index in [4.69, 9.17) is 14.8 Å². The van der Waals surface area contributed by atoms with Crippen LogP contribution in [0, 0.1) is 6.92 Å². The van der Waals surface area contributed by atoms with Crippen LogP contribution in [0.5, 0.6) is 5.75 Å². The van der Waals surface area contributed by atoms with Crippen LogP contribution in [0.1, 0.15) is 42.5 Å². The number of carboxylic acid groups (broad SMARTS) is 1. The fourth-order valence-electron chi connectivity index (χ4n) is 2.05. The third kappa shape index (κ3) is 4.31. The van der Waals surface area contributed by atoms with E-state index < -0.39 is 5.97 Å². The molecule has 2 rings (SSSR count). The molecule has 0 aliphatic rings. The van der Waals surface area contributed by atoms with Gasteiger partial charge in [-0.15, -0.1) is 11.3 Å². The average Bonchev–Trinajstić information content (AvgIpc) is 2.86. The normalized spacial score (nSPS) is 10.9. The van der Waals surface area contributed by atoms with Gasteiger partial charge in [-0.25, -0.2) is 4.98 Å². The van der Waals surface area contributed by atoms with Gasteiger partial charge in [0, 0.05) is 22.8 Å². The Bertz CT molecular complexity index is 632. The van der Waals surface area contributed by atoms with Crippen molar-refractivity contribution in [2.75, 3.05) is 6.61 Å². The Kier molecular flexibility index (Phi) is 5.55. The number of thiazole rings is 1. The van der Waals surface area contributed by atoms with E-state index in [1.54, 1.807) is 11.3 Å². The van der Waals surface area contributed by atoms with Gasteiger partial charge in [0.2, 0.25) is 0 Å². The van der Waals surface area contributed by atoms with Crippen molar-refractivity contribution in [3.05, 3.63) is 34.2 Å². The summed E-state index contributed by atoms with van der Waals surface area (Å²) in [6, 6.07) is 7.81. The van der Waals surface area contributed by atoms with Crippen molar-refractivity contribution in [1.82, 2.24) is 4.98 Å². The molecule has 0 saturated heterocycles. The molecule has 4 nitrogen and oxygen atoms in total. The van der Waals surface area contributed by atoms with Gasteiger partial charge in [-0.05, 0) is 37.6 Å². The highest BCUT2D eigenvalue weighted by molar-refractivity contribution is 7.12. The zero-order valence-electron chi connectivity index (χ0n) is 13.1. The summed E-state index contributed by atoms with van der Waals surface area (Å²) in [5.41, 5.74) is 2.12. The van der Waals surface area contributed by atoms with Gasteiger partial charge in [0.1, 0.15) is 5.75 Å². The molecule has 0 spiro atoms. The van der Waals surface area contributed by atoms with Crippen LogP contribution in [-0.4, -0.2) is 22.7 Å². The minimum Gasteiger partial charge on any atom is -0.494 e. The molecule has 22 heavy (non-hydrogen) atoms. The van der Waals surface area contributed by atoms with Crippen LogP contribution in [0.3, 0.4) is 0 Å². The highest BCUT2D eigenvalue weighted by Crippen LogP contribution is 2.31. The Morgan fingerprint density at radius 1 is 1.32 bits per heavy atom. The van der Waals surface area contributed by atoms with Crippen molar-refractivity contribution >= 4 is 17.3 Å². The molecule has 1 aromatic heterocycles. The van der Waals surface area contributed by atoms with E-state index in [2.05, 4.69) is 20.8 Å². The maximum absolute atomic E-state index is 10.4. The van der Waals surface area contributed by atoms with E-state index >= 15 is 0 Å². The lowest BCUT2D eigenvalue weighted by atomic mass is 10.1. The predicted molar refractivity (Wildman–Crippen MR) is 88.7 cm³/mol. The highest BCUT2D eigenvalue weighted by Gasteiger charge is 2.12. The number of carboxylic acids is 1. The van der Waals surface area contributed by atoms with Crippen molar-refractivity contribution in [3.63, 3.8) is 0 Å². The minimum absolute atomic E-state index is 0.133. The second-order valence-corrected chi connectivity index (χ2v) is 6.72. The molecule has 0 fully saturated rings. The summed E-state index contributed by atoms with van der Waals surface area (Å²) in [5, 5.41) is 9.73. The Morgan fingerprint density at radius 3 is 2.55 bits per heavy atom. The summed E-state index contributed by atoms with van der Waals surface area (Å²) < 4.78 is 5.54. The molecule has 118 valence electrons. The van der Waals surface area contributed by atoms with Gasteiger partial charge in [-0.3, -0.25) is 4.79 Å². The van der Waals surface area contributed by atoms with Crippen LogP contribution in [-0.2, 0) is 4.79 Å². The Morgan fingerprint density at radius 2 is 2.00 bits per heavy atom. The molecule has 0 amide bonds. The van der Waals surface area contributed by atoms with E-state index in [1.165, 1.54) is 4.88 Å². The molecule has 0 unspecified atom stereocenters. The molecule has 2 aromatic rings. The van der Waals surface area contributed by atoms with E-state index in [9.17, 15) is 4.79 Å². The molecule has 0 aliphatic carbocycles. The largest absolute Gasteiger partial charge is 0.494 e. The number of ether oxygens (including phenoxy) is 1. The number of aliphatic carboxylic acids is 1. The van der Waals surface area contributed by atoms with Crippen LogP contribution in [0.15, 0.2) is 24.3 Å². The molecule has 1 aromatic carbocycles. The van der Waals surface area contributed by atoms with Crippen molar-refractivity contribution in [2.24, 2.45) is 0 Å². The second-order valence-electron chi connectivity index (χ2n) is 5.48. The van der Waals surface area contributed by atoms with Crippen molar-refractivity contribution in [1.29, 1.82) is 0 Å². The van der Waals surface area contributed by atoms with Gasteiger partial charge in [0.05, 0.1) is 17.3 Å². The maximum Gasteiger partial charge on any atom is 0.303 e. The molecular weight excluding hydrogens is 298 g/mol. The van der Waals surface area contributed by atoms with Crippen molar-refractivity contribution < 1.29 is 14.6 Å². The first-order valence-corrected chi connectivity index (χ1v) is 8.21. The first-order valence-electron chi connectivity index (χ1n) is 7.39. The number of hydrogen-bond donors (Lipinski definition) is 1. The van der Waals surface area contributed by atoms with Gasteiger partial charge >= 0.3 is 5.97 Å². The van der Waals surface area contributed by atoms with E-state index in [1.807, 2.05) is 24.3 Å². The second kappa shape index (κ2) is 7.40. The number of aromatic nitrogens is 1. The molecule has 1 heterocycles. The number of rotatable bonds is 7. The van der Waals surface area contributed by atoms with Crippen LogP contribution in [0.2, 0.25) is 0 Å². The van der Waals surface area contributed by atoms with Crippen LogP contribution in [0.4, 0.5) is 0 Å². The lowest BCUT2D eigenvalue weighted by Crippen LogP contribution is -2.01. The standard InChI is InChI=1S/C17H21NO3S/c1-11(2)17-18-16(12(3)22-17)13-6-8-14(9-7-13)21-10-4-5-15(19)20/h6-9,11H,4-5,10H2,1-3H3,(H,19,20). The molecule has 0 radical (unpaired) electrons. The van der Waals surface area contributed by atoms with E-state index in [0.717, 1.165) is 22.0 Å². The van der Waals surface area contributed by atoms with E-state index in [0.29, 0.717) is 18.9 Å². The van der Waals surface area contributed by atoms with Gasteiger partial charge in [-0.2, -0.15) is 0 Å². The SMILES string of the molecule is Cc1sc(C(C)C)nc1-c1ccc(OCCCC(=O)O)cc1. The lowest BCUT2D eigenvalue weighted by Gasteiger charge is -2.06. The minimum atomic E-state index is -0.793. The number of aryl methyl sites for hydroxylation is 1. The molecule has 5 heteroatoms. The van der Waals surface area contributed by atoms with Crippen LogP contribution in [0.25, 0.3) is 11.3 Å². The topological polar surface area (TPSA) is 59.4 Å². The van der Waals surface area contributed by atoms with Gasteiger partial charge in [0.15, 0.2) is 0 Å². The summed E-state index contributed by atoms with van der Waals surface area (Å²) >= 11 is 1.74. The Hall–Kier alpha value is -1.88. The fourth-order valence-corrected chi connectivity index (χ4v) is 3.00. The summed E-state index contributed by atoms with van der Waals surface area (Å²) in [7, 11) is 0. The monoisotopic (exact) mass is 319 g/mol. The Balaban J connectivity index is 2.01. The number of hydrogen-bond acceptors (Lipinski definition) is 4. The molecule has 0 saturated carbocycles. The van der Waals surface area contributed by atoms with Crippen LogP contribution >= 0.6 is 11.3 Å². The lowest BCUT2D eigenvalue weighted by molar-refractivity contribution is -0.137. The third-order valence-corrected chi connectivity index (χ3v) is 4.51. The summed E-state index contributed by atoms with van der Waals surface area (Å²) in [4.78, 5) is 16.4. The number of benzene rings is 1. The fraction of sp³-hybridized carbons (Fsp3) is 0.412. The quantitative estimate of drug-likeness (QED) is 0.764. The van der Waals surface area contributed by atoms with Gasteiger partial charge in [-0.1, -0.05) is 13.8 Å². The van der Waals surface area contributed by atoms with Crippen molar-refractivity contribution in [3.8, 4) is 17.0 Å². The number of nitrogens with zero attached hydrogens (tertiary/aromatic N) is 1. The first-order chi connectivity index (χ1) is 10.5. The zero-order chi connectivity index (χ0) is 16.1. The molecule has 0 atom stereocenters. The average molecular weight is 319 g/mol. The van der Waals surface area contributed by atoms with Gasteiger partial charge in [0.25, 0.3) is 0 Å². The van der Waals surface area contributed by atoms with Crippen LogP contribution < -0.4 is 4.74 Å². The predicted octanol–water partition coefficient (Wildman–Crippen LogP) is 4.49. The highest BCUT2D eigenvalue weighted by atomic mass is 32.1. The van der Waals surface area contributed by atoms with E-state index in [-0.39, 0.29) is 6.42 Å². The third-order valence-electron chi connectivity index (χ3n) is 3.24. The molecule has 0 aliphatic heterocycles. The smallest absolute Gasteiger partial charge is 0.303 e. The van der Waals surface area contributed by atoms with Crippen molar-refractivity contribution in [2.45, 2.75) is 39.5 Å². The number of carbonyl (C=O) groups is 1. The summed E-state index contributed by atoms with van der Waals surface area (Å²) in [5.74, 6) is 0.402. The summed E-state index contributed by atoms with van der Waals surface area (Å²) in [6.45, 7) is 6.81. The zero-order valence-corrected chi connectivity index (χ0v) is 13.9. The molecule has 1 N–H and O–H groups in total. The molecule has 0 bridgehead atoms. The maximum atomic E-state index is 10.4. The Labute approximate surface area is 134 Å². The molecular formula is C17H21NO3S. The summed E-state index contributed by atoms with van der Waals surface area (Å²) in [6.07, 6.45) is 0.647.